The second-order valence-corrected chi connectivity index (χ2v) is 5.42. The molecule has 108 valence electrons. The van der Waals surface area contributed by atoms with Gasteiger partial charge in [-0.1, -0.05) is 48.5 Å². The third-order valence-electron chi connectivity index (χ3n) is 3.89. The van der Waals surface area contributed by atoms with Crippen molar-refractivity contribution in [1.82, 2.24) is 9.78 Å². The zero-order valence-electron chi connectivity index (χ0n) is 12.2. The lowest BCUT2D eigenvalue weighted by Crippen LogP contribution is -2.01. The van der Waals surface area contributed by atoms with E-state index < -0.39 is 6.10 Å². The number of aryl methyl sites for hydroxylation is 2. The summed E-state index contributed by atoms with van der Waals surface area (Å²) in [5.41, 5.74) is 3.17. The van der Waals surface area contributed by atoms with E-state index in [0.29, 0.717) is 0 Å². The monoisotopic (exact) mass is 280 g/mol. The van der Waals surface area contributed by atoms with Crippen LogP contribution < -0.4 is 0 Å². The molecule has 3 aromatic rings. The highest BCUT2D eigenvalue weighted by Gasteiger charge is 2.15. The molecule has 1 atom stereocenters. The van der Waals surface area contributed by atoms with E-state index in [4.69, 9.17) is 0 Å². The quantitative estimate of drug-likeness (QED) is 0.775. The molecular weight excluding hydrogens is 260 g/mol. The normalized spacial score (nSPS) is 12.7. The van der Waals surface area contributed by atoms with Crippen molar-refractivity contribution in [1.29, 1.82) is 0 Å². The van der Waals surface area contributed by atoms with Gasteiger partial charge in [-0.25, -0.2) is 0 Å². The Labute approximate surface area is 124 Å². The maximum absolute atomic E-state index is 10.4. The second-order valence-electron chi connectivity index (χ2n) is 5.42. The Hall–Kier alpha value is -2.13. The van der Waals surface area contributed by atoms with Crippen molar-refractivity contribution in [2.24, 2.45) is 7.05 Å². The highest BCUT2D eigenvalue weighted by atomic mass is 16.3. The Morgan fingerprint density at radius 2 is 1.76 bits per heavy atom. The SMILES string of the molecule is Cn1nc(C(O)CCCc2ccccc2)c2ccccc21. The minimum Gasteiger partial charge on any atom is -0.387 e. The van der Waals surface area contributed by atoms with E-state index in [9.17, 15) is 5.11 Å². The van der Waals surface area contributed by atoms with Gasteiger partial charge in [0.05, 0.1) is 17.3 Å². The van der Waals surface area contributed by atoms with E-state index in [0.717, 1.165) is 35.9 Å². The first-order valence-corrected chi connectivity index (χ1v) is 7.39. The molecular formula is C18H20N2O. The molecule has 0 aliphatic carbocycles. The minimum atomic E-state index is -0.500. The summed E-state index contributed by atoms with van der Waals surface area (Å²) in [5.74, 6) is 0. The zero-order valence-corrected chi connectivity index (χ0v) is 12.2. The van der Waals surface area contributed by atoms with Crippen LogP contribution in [-0.2, 0) is 13.5 Å². The molecule has 0 aliphatic heterocycles. The maximum Gasteiger partial charge on any atom is 0.0988 e. The van der Waals surface area contributed by atoms with E-state index in [1.165, 1.54) is 5.56 Å². The van der Waals surface area contributed by atoms with Crippen LogP contribution in [0, 0.1) is 0 Å². The number of para-hydroxylation sites is 1. The van der Waals surface area contributed by atoms with Crippen LogP contribution in [0.15, 0.2) is 54.6 Å². The summed E-state index contributed by atoms with van der Waals surface area (Å²) >= 11 is 0. The van der Waals surface area contributed by atoms with Crippen LogP contribution in [0.25, 0.3) is 10.9 Å². The minimum absolute atomic E-state index is 0.500. The topological polar surface area (TPSA) is 38.0 Å². The Balaban J connectivity index is 1.68. The van der Waals surface area contributed by atoms with E-state index >= 15 is 0 Å². The number of hydrogen-bond acceptors (Lipinski definition) is 2. The van der Waals surface area contributed by atoms with Crippen molar-refractivity contribution in [2.45, 2.75) is 25.4 Å². The van der Waals surface area contributed by atoms with Crippen molar-refractivity contribution >= 4 is 10.9 Å². The fourth-order valence-electron chi connectivity index (χ4n) is 2.77. The lowest BCUT2D eigenvalue weighted by molar-refractivity contribution is 0.160. The van der Waals surface area contributed by atoms with Crippen molar-refractivity contribution in [3.8, 4) is 0 Å². The van der Waals surface area contributed by atoms with Gasteiger partial charge in [0.25, 0.3) is 0 Å². The average Bonchev–Trinajstić information content (AvgIpc) is 2.86. The fourth-order valence-corrected chi connectivity index (χ4v) is 2.77. The smallest absolute Gasteiger partial charge is 0.0988 e. The Bertz CT molecular complexity index is 718. The second kappa shape index (κ2) is 6.10. The van der Waals surface area contributed by atoms with E-state index in [2.05, 4.69) is 29.4 Å². The van der Waals surface area contributed by atoms with Gasteiger partial charge in [0.15, 0.2) is 0 Å². The third kappa shape index (κ3) is 2.98. The third-order valence-corrected chi connectivity index (χ3v) is 3.89. The van der Waals surface area contributed by atoms with Gasteiger partial charge in [-0.3, -0.25) is 4.68 Å². The van der Waals surface area contributed by atoms with Crippen molar-refractivity contribution < 1.29 is 5.11 Å². The number of rotatable bonds is 5. The number of aliphatic hydroxyl groups is 1. The van der Waals surface area contributed by atoms with Gasteiger partial charge in [0, 0.05) is 12.4 Å². The van der Waals surface area contributed by atoms with Crippen LogP contribution >= 0.6 is 0 Å². The lowest BCUT2D eigenvalue weighted by Gasteiger charge is -2.08. The number of aromatic nitrogens is 2. The van der Waals surface area contributed by atoms with Crippen LogP contribution in [0.3, 0.4) is 0 Å². The molecule has 0 radical (unpaired) electrons. The van der Waals surface area contributed by atoms with Crippen LogP contribution in [0.5, 0.6) is 0 Å². The summed E-state index contributed by atoms with van der Waals surface area (Å²) in [6.07, 6.45) is 2.18. The highest BCUT2D eigenvalue weighted by Crippen LogP contribution is 2.26. The van der Waals surface area contributed by atoms with Crippen LogP contribution in [0.2, 0.25) is 0 Å². The van der Waals surface area contributed by atoms with Gasteiger partial charge < -0.3 is 5.11 Å². The molecule has 2 aromatic carbocycles. The van der Waals surface area contributed by atoms with Crippen LogP contribution in [0.4, 0.5) is 0 Å². The van der Waals surface area contributed by atoms with E-state index in [1.807, 2.05) is 42.1 Å². The lowest BCUT2D eigenvalue weighted by atomic mass is 10.0. The molecule has 0 saturated carbocycles. The summed E-state index contributed by atoms with van der Waals surface area (Å²) in [6, 6.07) is 18.4. The number of hydrogen-bond donors (Lipinski definition) is 1. The molecule has 0 fully saturated rings. The summed E-state index contributed by atoms with van der Waals surface area (Å²) in [7, 11) is 1.92. The maximum atomic E-state index is 10.4. The molecule has 1 heterocycles. The van der Waals surface area contributed by atoms with Gasteiger partial charge in [0.2, 0.25) is 0 Å². The molecule has 1 unspecified atom stereocenters. The van der Waals surface area contributed by atoms with Gasteiger partial charge >= 0.3 is 0 Å². The molecule has 0 aliphatic rings. The summed E-state index contributed by atoms with van der Waals surface area (Å²) in [5, 5.41) is 16.0. The molecule has 0 saturated heterocycles. The van der Waals surface area contributed by atoms with Crippen molar-refractivity contribution in [2.75, 3.05) is 0 Å². The summed E-state index contributed by atoms with van der Waals surface area (Å²) < 4.78 is 1.84. The fraction of sp³-hybridized carbons (Fsp3) is 0.278. The molecule has 3 heteroatoms. The standard InChI is InChI=1S/C18H20N2O/c1-20-16-12-6-5-11-15(16)18(19-20)17(21)13-7-10-14-8-3-2-4-9-14/h2-6,8-9,11-12,17,21H,7,10,13H2,1H3. The first-order valence-electron chi connectivity index (χ1n) is 7.39. The Morgan fingerprint density at radius 1 is 1.05 bits per heavy atom. The largest absolute Gasteiger partial charge is 0.387 e. The molecule has 3 nitrogen and oxygen atoms in total. The molecule has 1 N–H and O–H groups in total. The molecule has 21 heavy (non-hydrogen) atoms. The predicted molar refractivity (Wildman–Crippen MR) is 85.1 cm³/mol. The molecule has 0 bridgehead atoms. The molecule has 3 rings (SSSR count). The van der Waals surface area contributed by atoms with E-state index in [-0.39, 0.29) is 0 Å². The van der Waals surface area contributed by atoms with Crippen molar-refractivity contribution in [3.05, 3.63) is 65.9 Å². The number of aliphatic hydroxyl groups excluding tert-OH is 1. The number of benzene rings is 2. The molecule has 1 aromatic heterocycles. The molecule has 0 amide bonds. The van der Waals surface area contributed by atoms with E-state index in [1.54, 1.807) is 0 Å². The zero-order chi connectivity index (χ0) is 14.7. The molecule has 0 spiro atoms. The first-order chi connectivity index (χ1) is 10.3. The summed E-state index contributed by atoms with van der Waals surface area (Å²) in [4.78, 5) is 0. The predicted octanol–water partition coefficient (Wildman–Crippen LogP) is 3.63. The average molecular weight is 280 g/mol. The Kier molecular flexibility index (Phi) is 4.02. The Morgan fingerprint density at radius 3 is 2.57 bits per heavy atom. The van der Waals surface area contributed by atoms with Gasteiger partial charge in [0.1, 0.15) is 0 Å². The first kappa shape index (κ1) is 13.8. The number of fused-ring (bicyclic) bond motifs is 1. The van der Waals surface area contributed by atoms with Crippen molar-refractivity contribution in [3.63, 3.8) is 0 Å². The van der Waals surface area contributed by atoms with Crippen LogP contribution in [0.1, 0.15) is 30.2 Å². The van der Waals surface area contributed by atoms with Gasteiger partial charge in [-0.2, -0.15) is 5.10 Å². The van der Waals surface area contributed by atoms with Gasteiger partial charge in [-0.05, 0) is 30.9 Å². The summed E-state index contributed by atoms with van der Waals surface area (Å²) in [6.45, 7) is 0. The van der Waals surface area contributed by atoms with Crippen LogP contribution in [-0.4, -0.2) is 14.9 Å². The number of nitrogens with zero attached hydrogens (tertiary/aromatic N) is 2. The van der Waals surface area contributed by atoms with Gasteiger partial charge in [-0.15, -0.1) is 0 Å². The highest BCUT2D eigenvalue weighted by molar-refractivity contribution is 5.82.